The molecule has 21 heavy (non-hydrogen) atoms. The number of ether oxygens (including phenoxy) is 1. The van der Waals surface area contributed by atoms with E-state index in [0.29, 0.717) is 0 Å². The standard InChI is InChI=1S/C10H4Cl3F3N4O/c11-3-1-4(12)6(5(13)2-3)21-9-19-7(10(14,15)16)18-8(17)20-9/h1-2H,(H2,17,18,19,20). The maximum absolute atomic E-state index is 12.6. The molecule has 5 nitrogen and oxygen atoms in total. The van der Waals surface area contributed by atoms with E-state index in [2.05, 4.69) is 15.0 Å². The molecule has 0 aliphatic rings. The highest BCUT2D eigenvalue weighted by molar-refractivity contribution is 6.40. The van der Waals surface area contributed by atoms with Crippen LogP contribution in [0.15, 0.2) is 12.1 Å². The van der Waals surface area contributed by atoms with E-state index in [4.69, 9.17) is 45.3 Å². The summed E-state index contributed by atoms with van der Waals surface area (Å²) in [6.45, 7) is 0. The fourth-order valence-corrected chi connectivity index (χ4v) is 2.16. The number of hydrogen-bond acceptors (Lipinski definition) is 5. The van der Waals surface area contributed by atoms with Crippen LogP contribution in [0.3, 0.4) is 0 Å². The third-order valence-electron chi connectivity index (χ3n) is 2.04. The average molecular weight is 360 g/mol. The van der Waals surface area contributed by atoms with Gasteiger partial charge in [0.05, 0.1) is 10.0 Å². The molecular formula is C10H4Cl3F3N4O. The Balaban J connectivity index is 2.43. The van der Waals surface area contributed by atoms with Gasteiger partial charge in [-0.25, -0.2) is 0 Å². The van der Waals surface area contributed by atoms with Crippen LogP contribution in [-0.4, -0.2) is 15.0 Å². The molecule has 112 valence electrons. The first kappa shape index (κ1) is 15.9. The second-order valence-corrected chi connectivity index (χ2v) is 4.85. The smallest absolute Gasteiger partial charge is 0.421 e. The van der Waals surface area contributed by atoms with E-state index in [1.165, 1.54) is 12.1 Å². The second-order valence-electron chi connectivity index (χ2n) is 3.60. The Bertz CT molecular complexity index is 673. The molecule has 2 aromatic rings. The van der Waals surface area contributed by atoms with Crippen molar-refractivity contribution in [2.45, 2.75) is 6.18 Å². The summed E-state index contributed by atoms with van der Waals surface area (Å²) in [5.74, 6) is -2.30. The van der Waals surface area contributed by atoms with E-state index in [1.807, 2.05) is 0 Å². The molecule has 0 atom stereocenters. The number of benzene rings is 1. The van der Waals surface area contributed by atoms with E-state index < -0.39 is 24.0 Å². The van der Waals surface area contributed by atoms with Gasteiger partial charge in [-0.05, 0) is 12.1 Å². The Kier molecular flexibility index (Phi) is 4.31. The molecule has 1 aromatic heterocycles. The summed E-state index contributed by atoms with van der Waals surface area (Å²) >= 11 is 17.4. The van der Waals surface area contributed by atoms with Crippen LogP contribution < -0.4 is 10.5 Å². The number of nitrogen functional groups attached to an aromatic ring is 1. The molecule has 0 unspecified atom stereocenters. The molecule has 0 aliphatic heterocycles. The van der Waals surface area contributed by atoms with Crippen molar-refractivity contribution in [3.8, 4) is 11.8 Å². The van der Waals surface area contributed by atoms with Crippen molar-refractivity contribution in [1.82, 2.24) is 15.0 Å². The van der Waals surface area contributed by atoms with Crippen molar-refractivity contribution in [1.29, 1.82) is 0 Å². The Morgan fingerprint density at radius 3 is 2.10 bits per heavy atom. The molecule has 1 aromatic carbocycles. The van der Waals surface area contributed by atoms with Gasteiger partial charge in [0.1, 0.15) is 0 Å². The maximum atomic E-state index is 12.6. The normalized spacial score (nSPS) is 11.5. The highest BCUT2D eigenvalue weighted by Gasteiger charge is 2.36. The molecule has 2 N–H and O–H groups in total. The quantitative estimate of drug-likeness (QED) is 0.869. The lowest BCUT2D eigenvalue weighted by atomic mass is 10.3. The first-order valence-corrected chi connectivity index (χ1v) is 6.21. The molecule has 0 saturated carbocycles. The van der Waals surface area contributed by atoms with Crippen LogP contribution in [0.25, 0.3) is 0 Å². The predicted octanol–water partition coefficient (Wildman–Crippen LogP) is 4.23. The van der Waals surface area contributed by atoms with E-state index in [0.717, 1.165) is 0 Å². The first-order chi connectivity index (χ1) is 9.66. The zero-order valence-electron chi connectivity index (χ0n) is 9.75. The van der Waals surface area contributed by atoms with Crippen LogP contribution in [0.1, 0.15) is 5.82 Å². The summed E-state index contributed by atoms with van der Waals surface area (Å²) in [5, 5.41) is 0.170. The largest absolute Gasteiger partial charge is 0.451 e. The topological polar surface area (TPSA) is 73.9 Å². The van der Waals surface area contributed by atoms with Crippen LogP contribution in [0.5, 0.6) is 11.8 Å². The third-order valence-corrected chi connectivity index (χ3v) is 2.82. The molecule has 1 heterocycles. The molecule has 0 bridgehead atoms. The number of halogens is 6. The number of rotatable bonds is 2. The molecule has 11 heteroatoms. The molecule has 0 amide bonds. The van der Waals surface area contributed by atoms with Gasteiger partial charge in [0.2, 0.25) is 11.8 Å². The van der Waals surface area contributed by atoms with Gasteiger partial charge in [0, 0.05) is 5.02 Å². The summed E-state index contributed by atoms with van der Waals surface area (Å²) in [5.41, 5.74) is 5.18. The average Bonchev–Trinajstić information content (AvgIpc) is 2.32. The summed E-state index contributed by atoms with van der Waals surface area (Å²) in [4.78, 5) is 9.50. The van der Waals surface area contributed by atoms with Gasteiger partial charge in [0.25, 0.3) is 0 Å². The molecular weight excluding hydrogens is 355 g/mol. The van der Waals surface area contributed by atoms with Gasteiger partial charge in [-0.15, -0.1) is 0 Å². The maximum Gasteiger partial charge on any atom is 0.451 e. The number of anilines is 1. The lowest BCUT2D eigenvalue weighted by molar-refractivity contribution is -0.145. The molecule has 0 spiro atoms. The number of alkyl halides is 3. The van der Waals surface area contributed by atoms with Crippen molar-refractivity contribution < 1.29 is 17.9 Å². The van der Waals surface area contributed by atoms with E-state index in [9.17, 15) is 13.2 Å². The van der Waals surface area contributed by atoms with Crippen molar-refractivity contribution in [2.24, 2.45) is 0 Å². The van der Waals surface area contributed by atoms with Crippen LogP contribution in [-0.2, 0) is 6.18 Å². The molecule has 0 radical (unpaired) electrons. The molecule has 0 aliphatic carbocycles. The first-order valence-electron chi connectivity index (χ1n) is 5.08. The van der Waals surface area contributed by atoms with Gasteiger partial charge in [0.15, 0.2) is 5.75 Å². The van der Waals surface area contributed by atoms with Crippen LogP contribution >= 0.6 is 34.8 Å². The SMILES string of the molecule is Nc1nc(Oc2c(Cl)cc(Cl)cc2Cl)nc(C(F)(F)F)n1. The fraction of sp³-hybridized carbons (Fsp3) is 0.100. The predicted molar refractivity (Wildman–Crippen MR) is 70.8 cm³/mol. The number of aromatic nitrogens is 3. The van der Waals surface area contributed by atoms with Gasteiger partial charge < -0.3 is 10.5 Å². The Hall–Kier alpha value is -1.51. The molecule has 0 fully saturated rings. The number of nitrogens with zero attached hydrogens (tertiary/aromatic N) is 3. The summed E-state index contributed by atoms with van der Waals surface area (Å²) in [6, 6.07) is 1.89. The molecule has 2 rings (SSSR count). The van der Waals surface area contributed by atoms with Crippen molar-refractivity contribution >= 4 is 40.8 Å². The number of hydrogen-bond donors (Lipinski definition) is 1. The van der Waals surface area contributed by atoms with Crippen molar-refractivity contribution in [3.63, 3.8) is 0 Å². The Labute approximate surface area is 130 Å². The summed E-state index contributed by atoms with van der Waals surface area (Å²) < 4.78 is 42.7. The zero-order valence-corrected chi connectivity index (χ0v) is 12.0. The van der Waals surface area contributed by atoms with Gasteiger partial charge in [-0.3, -0.25) is 0 Å². The van der Waals surface area contributed by atoms with Gasteiger partial charge in [-0.1, -0.05) is 34.8 Å². The van der Waals surface area contributed by atoms with Crippen molar-refractivity contribution in [2.75, 3.05) is 5.73 Å². The minimum Gasteiger partial charge on any atom is -0.421 e. The summed E-state index contributed by atoms with van der Waals surface area (Å²) in [6.07, 6.45) is -4.80. The van der Waals surface area contributed by atoms with E-state index in [1.54, 1.807) is 0 Å². The highest BCUT2D eigenvalue weighted by atomic mass is 35.5. The lowest BCUT2D eigenvalue weighted by Crippen LogP contribution is -2.14. The minimum atomic E-state index is -4.80. The summed E-state index contributed by atoms with van der Waals surface area (Å²) in [7, 11) is 0. The minimum absolute atomic E-state index is 0.0277. The zero-order chi connectivity index (χ0) is 15.8. The number of nitrogens with two attached hydrogens (primary N) is 1. The Morgan fingerprint density at radius 2 is 1.57 bits per heavy atom. The van der Waals surface area contributed by atoms with Crippen LogP contribution in [0, 0.1) is 0 Å². The monoisotopic (exact) mass is 358 g/mol. The van der Waals surface area contributed by atoms with E-state index >= 15 is 0 Å². The van der Waals surface area contributed by atoms with E-state index in [-0.39, 0.29) is 20.8 Å². The van der Waals surface area contributed by atoms with Crippen LogP contribution in [0.2, 0.25) is 15.1 Å². The van der Waals surface area contributed by atoms with Gasteiger partial charge in [-0.2, -0.15) is 28.1 Å². The van der Waals surface area contributed by atoms with Gasteiger partial charge >= 0.3 is 12.2 Å². The molecule has 0 saturated heterocycles. The lowest BCUT2D eigenvalue weighted by Gasteiger charge is -2.10. The highest BCUT2D eigenvalue weighted by Crippen LogP contribution is 2.38. The Morgan fingerprint density at radius 1 is 1.00 bits per heavy atom. The fourth-order valence-electron chi connectivity index (χ4n) is 1.26. The second kappa shape index (κ2) is 5.70. The van der Waals surface area contributed by atoms with Crippen molar-refractivity contribution in [3.05, 3.63) is 33.0 Å². The third kappa shape index (κ3) is 3.78. The van der Waals surface area contributed by atoms with Crippen LogP contribution in [0.4, 0.5) is 19.1 Å².